The predicted molar refractivity (Wildman–Crippen MR) is 134 cm³/mol. The lowest BCUT2D eigenvalue weighted by molar-refractivity contribution is -0.240. The highest BCUT2D eigenvalue weighted by molar-refractivity contribution is 7.92. The monoisotopic (exact) mass is 551 g/mol. The molecule has 11 heteroatoms. The summed E-state index contributed by atoms with van der Waals surface area (Å²) >= 11 is 0. The Labute approximate surface area is 214 Å². The molecule has 0 aromatic heterocycles. The minimum atomic E-state index is -5.24. The normalized spacial score (nSPS) is 13.9. The van der Waals surface area contributed by atoms with Crippen molar-refractivity contribution < 1.29 is 35.1 Å². The van der Waals surface area contributed by atoms with E-state index >= 15 is 0 Å². The largest absolute Gasteiger partial charge is 0.433 e. The topological polar surface area (TPSA) is 91.8 Å². The summed E-state index contributed by atoms with van der Waals surface area (Å²) < 4.78 is 93.2. The molecule has 0 saturated heterocycles. The Morgan fingerprint density at radius 2 is 1.43 bits per heavy atom. The van der Waals surface area contributed by atoms with Crippen LogP contribution in [0.2, 0.25) is 0 Å². The number of halogens is 3. The van der Waals surface area contributed by atoms with Crippen LogP contribution < -0.4 is 4.31 Å². The Bertz CT molecular complexity index is 1540. The first kappa shape index (κ1) is 28.2. The van der Waals surface area contributed by atoms with Crippen molar-refractivity contribution in [3.8, 4) is 11.8 Å². The highest BCUT2D eigenvalue weighted by atomic mass is 32.2. The van der Waals surface area contributed by atoms with Crippen LogP contribution in [0.1, 0.15) is 25.0 Å². The predicted octanol–water partition coefficient (Wildman–Crippen LogP) is 4.50. The zero-order chi connectivity index (χ0) is 27.6. The maximum atomic E-state index is 14.1. The molecule has 0 radical (unpaired) electrons. The zero-order valence-electron chi connectivity index (χ0n) is 20.1. The number of sulfonamides is 1. The maximum Gasteiger partial charge on any atom is 0.433 e. The molecule has 1 atom stereocenters. The highest BCUT2D eigenvalue weighted by Gasteiger charge is 2.54. The van der Waals surface area contributed by atoms with E-state index in [0.717, 1.165) is 22.7 Å². The van der Waals surface area contributed by atoms with E-state index in [0.29, 0.717) is 0 Å². The van der Waals surface area contributed by atoms with Gasteiger partial charge in [-0.15, -0.1) is 0 Å². The summed E-state index contributed by atoms with van der Waals surface area (Å²) in [5.74, 6) is 4.11. The number of sulfone groups is 1. The molecular weight excluding hydrogens is 527 g/mol. The van der Waals surface area contributed by atoms with E-state index in [1.54, 1.807) is 19.9 Å². The molecule has 37 heavy (non-hydrogen) atoms. The first-order chi connectivity index (χ1) is 17.1. The van der Waals surface area contributed by atoms with E-state index in [1.165, 1.54) is 60.7 Å². The van der Waals surface area contributed by atoms with Gasteiger partial charge in [0.05, 0.1) is 15.5 Å². The minimum absolute atomic E-state index is 0.0368. The van der Waals surface area contributed by atoms with Crippen LogP contribution in [-0.4, -0.2) is 40.4 Å². The Balaban J connectivity index is 2.11. The Morgan fingerprint density at radius 3 is 1.95 bits per heavy atom. The van der Waals surface area contributed by atoms with Gasteiger partial charge >= 0.3 is 6.18 Å². The fraction of sp³-hybridized carbons (Fsp3) is 0.231. The van der Waals surface area contributed by atoms with Gasteiger partial charge in [0, 0.05) is 23.4 Å². The summed E-state index contributed by atoms with van der Waals surface area (Å²) in [7, 11) is -7.65. The Morgan fingerprint density at radius 1 is 0.838 bits per heavy atom. The third-order valence-corrected chi connectivity index (χ3v) is 8.51. The fourth-order valence-electron chi connectivity index (χ4n) is 3.54. The maximum absolute atomic E-state index is 14.1. The van der Waals surface area contributed by atoms with Crippen molar-refractivity contribution >= 4 is 25.5 Å². The molecular formula is C26H24F3NO5S2. The van der Waals surface area contributed by atoms with Crippen molar-refractivity contribution in [2.24, 2.45) is 0 Å². The van der Waals surface area contributed by atoms with E-state index in [9.17, 15) is 35.1 Å². The minimum Gasteiger partial charge on any atom is -0.366 e. The number of anilines is 1. The van der Waals surface area contributed by atoms with Crippen LogP contribution in [-0.2, 0) is 25.5 Å². The molecule has 3 rings (SSSR count). The number of hydrogen-bond donors (Lipinski definition) is 1. The second-order valence-corrected chi connectivity index (χ2v) is 12.3. The van der Waals surface area contributed by atoms with Gasteiger partial charge in [-0.2, -0.15) is 13.2 Å². The third-order valence-electron chi connectivity index (χ3n) is 5.37. The van der Waals surface area contributed by atoms with Crippen LogP contribution in [0, 0.1) is 11.8 Å². The smallest absolute Gasteiger partial charge is 0.366 e. The Hall–Kier alpha value is -3.33. The zero-order valence-corrected chi connectivity index (χ0v) is 21.7. The second kappa shape index (κ2) is 10.2. The molecule has 0 aliphatic rings. The van der Waals surface area contributed by atoms with Crippen molar-refractivity contribution in [2.75, 3.05) is 10.6 Å². The van der Waals surface area contributed by atoms with Gasteiger partial charge in [0.25, 0.3) is 10.0 Å². The van der Waals surface area contributed by atoms with Crippen molar-refractivity contribution in [3.63, 3.8) is 0 Å². The quantitative estimate of drug-likeness (QED) is 0.456. The SMILES string of the molecule is CC(C)N(c1cccc(C(O)(C#Cc2ccc(S(C)(=O)=O)cc2)C(F)(F)F)c1)S(=O)(=O)c1ccccc1. The number of rotatable bonds is 6. The van der Waals surface area contributed by atoms with Gasteiger partial charge in [-0.1, -0.05) is 36.3 Å². The van der Waals surface area contributed by atoms with Gasteiger partial charge in [-0.05, 0) is 68.3 Å². The summed E-state index contributed by atoms with van der Waals surface area (Å²) in [6.07, 6.45) is -4.26. The lowest BCUT2D eigenvalue weighted by atomic mass is 9.92. The third kappa shape index (κ3) is 5.98. The van der Waals surface area contributed by atoms with Gasteiger partial charge in [0.15, 0.2) is 9.84 Å². The molecule has 3 aromatic rings. The Kier molecular flexibility index (Phi) is 7.79. The van der Waals surface area contributed by atoms with Crippen LogP contribution in [0.25, 0.3) is 0 Å². The number of nitrogens with zero attached hydrogens (tertiary/aromatic N) is 1. The summed E-state index contributed by atoms with van der Waals surface area (Å²) in [5.41, 5.74) is -4.36. The van der Waals surface area contributed by atoms with E-state index in [2.05, 4.69) is 5.92 Å². The lowest BCUT2D eigenvalue weighted by Gasteiger charge is -2.31. The molecule has 0 bridgehead atoms. The number of hydrogen-bond acceptors (Lipinski definition) is 5. The van der Waals surface area contributed by atoms with Gasteiger partial charge in [-0.3, -0.25) is 4.31 Å². The fourth-order valence-corrected chi connectivity index (χ4v) is 5.85. The number of alkyl halides is 3. The molecule has 0 aliphatic heterocycles. The van der Waals surface area contributed by atoms with E-state index < -0.39 is 43.2 Å². The molecule has 0 heterocycles. The van der Waals surface area contributed by atoms with Crippen molar-refractivity contribution in [1.82, 2.24) is 0 Å². The van der Waals surface area contributed by atoms with Gasteiger partial charge < -0.3 is 5.11 Å². The van der Waals surface area contributed by atoms with Crippen LogP contribution in [0.3, 0.4) is 0 Å². The lowest BCUT2D eigenvalue weighted by Crippen LogP contribution is -2.42. The second-order valence-electron chi connectivity index (χ2n) is 8.51. The van der Waals surface area contributed by atoms with Crippen molar-refractivity contribution in [1.29, 1.82) is 0 Å². The molecule has 0 fully saturated rings. The summed E-state index contributed by atoms with van der Waals surface area (Å²) in [6, 6.07) is 16.1. The molecule has 3 aromatic carbocycles. The average molecular weight is 552 g/mol. The molecule has 0 spiro atoms. The molecule has 0 aliphatic carbocycles. The van der Waals surface area contributed by atoms with Crippen LogP contribution in [0.4, 0.5) is 18.9 Å². The standard InChI is InChI=1S/C26H24F3NO5S2/c1-19(2)30(37(34,35)24-10-5-4-6-11-24)22-9-7-8-21(18-22)25(31,26(27,28)29)17-16-20-12-14-23(15-13-20)36(3,32)33/h4-15,18-19,31H,1-3H3. The molecule has 0 saturated carbocycles. The average Bonchev–Trinajstić information content (AvgIpc) is 2.82. The first-order valence-electron chi connectivity index (χ1n) is 10.9. The van der Waals surface area contributed by atoms with E-state index in [-0.39, 0.29) is 21.0 Å². The van der Waals surface area contributed by atoms with Gasteiger partial charge in [-0.25, -0.2) is 16.8 Å². The van der Waals surface area contributed by atoms with Crippen molar-refractivity contribution in [3.05, 3.63) is 90.0 Å². The molecule has 0 amide bonds. The van der Waals surface area contributed by atoms with E-state index in [4.69, 9.17) is 0 Å². The molecule has 6 nitrogen and oxygen atoms in total. The van der Waals surface area contributed by atoms with Crippen molar-refractivity contribution in [2.45, 2.75) is 41.5 Å². The van der Waals surface area contributed by atoms with Crippen LogP contribution in [0.5, 0.6) is 0 Å². The first-order valence-corrected chi connectivity index (χ1v) is 14.2. The number of aliphatic hydroxyl groups is 1. The highest BCUT2D eigenvalue weighted by Crippen LogP contribution is 2.40. The molecule has 1 N–H and O–H groups in total. The van der Waals surface area contributed by atoms with Gasteiger partial charge in [0.2, 0.25) is 5.60 Å². The van der Waals surface area contributed by atoms with E-state index in [1.807, 2.05) is 5.92 Å². The summed E-state index contributed by atoms with van der Waals surface area (Å²) in [5, 5.41) is 10.8. The van der Waals surface area contributed by atoms with Crippen LogP contribution in [0.15, 0.2) is 88.7 Å². The van der Waals surface area contributed by atoms with Crippen LogP contribution >= 0.6 is 0 Å². The molecule has 196 valence electrons. The summed E-state index contributed by atoms with van der Waals surface area (Å²) in [6.45, 7) is 3.15. The molecule has 1 unspecified atom stereocenters. The van der Waals surface area contributed by atoms with Gasteiger partial charge in [0.1, 0.15) is 0 Å². The summed E-state index contributed by atoms with van der Waals surface area (Å²) in [4.78, 5) is -0.0808. The number of benzene rings is 3.